The summed E-state index contributed by atoms with van der Waals surface area (Å²) in [6, 6.07) is 8.42. The second kappa shape index (κ2) is 8.89. The lowest BCUT2D eigenvalue weighted by Crippen LogP contribution is -2.19. The molecular weight excluding hydrogens is 390 g/mol. The fraction of sp³-hybridized carbons (Fsp3) is 0.235. The van der Waals surface area contributed by atoms with Crippen molar-refractivity contribution in [2.75, 3.05) is 19.0 Å². The van der Waals surface area contributed by atoms with Crippen LogP contribution in [0.15, 0.2) is 39.7 Å². The van der Waals surface area contributed by atoms with Gasteiger partial charge in [0.15, 0.2) is 11.5 Å². The van der Waals surface area contributed by atoms with Crippen molar-refractivity contribution in [2.24, 2.45) is 0 Å². The van der Waals surface area contributed by atoms with Crippen molar-refractivity contribution in [3.63, 3.8) is 0 Å². The number of hydrogen-bond acceptors (Lipinski definition) is 5. The van der Waals surface area contributed by atoms with Gasteiger partial charge in [-0.1, -0.05) is 0 Å². The van der Waals surface area contributed by atoms with Crippen molar-refractivity contribution in [2.45, 2.75) is 12.8 Å². The molecule has 0 spiro atoms. The average molecular weight is 406 g/mol. The number of aromatic amines is 1. The maximum Gasteiger partial charge on any atom is 0.271 e. The van der Waals surface area contributed by atoms with E-state index >= 15 is 0 Å². The molecule has 0 saturated carbocycles. The zero-order valence-corrected chi connectivity index (χ0v) is 15.1. The van der Waals surface area contributed by atoms with Gasteiger partial charge in [0, 0.05) is 23.2 Å². The number of carbonyl (C=O) groups excluding carboxylic acids is 1. The Kier molecular flexibility index (Phi) is 6.60. The Morgan fingerprint density at radius 2 is 2.16 bits per heavy atom. The van der Waals surface area contributed by atoms with Gasteiger partial charge in [-0.3, -0.25) is 9.59 Å². The van der Waals surface area contributed by atoms with Crippen LogP contribution in [0.25, 0.3) is 0 Å². The molecule has 0 bridgehead atoms. The van der Waals surface area contributed by atoms with Gasteiger partial charge in [0.1, 0.15) is 5.69 Å². The summed E-state index contributed by atoms with van der Waals surface area (Å²) in [5.41, 5.74) is 0.298. The zero-order valence-electron chi connectivity index (χ0n) is 13.5. The van der Waals surface area contributed by atoms with Gasteiger partial charge in [0.05, 0.1) is 25.3 Å². The first kappa shape index (κ1) is 18.5. The van der Waals surface area contributed by atoms with Crippen LogP contribution in [0, 0.1) is 11.3 Å². The van der Waals surface area contributed by atoms with E-state index in [0.717, 1.165) is 0 Å². The monoisotopic (exact) mass is 405 g/mol. The fourth-order valence-corrected chi connectivity index (χ4v) is 2.38. The van der Waals surface area contributed by atoms with Gasteiger partial charge in [-0.05, 0) is 40.5 Å². The Balaban J connectivity index is 1.83. The molecule has 2 rings (SSSR count). The molecule has 0 saturated heterocycles. The van der Waals surface area contributed by atoms with Gasteiger partial charge in [-0.2, -0.15) is 5.26 Å². The Morgan fingerprint density at radius 3 is 2.88 bits per heavy atom. The summed E-state index contributed by atoms with van der Waals surface area (Å²) in [7, 11) is 1.49. The van der Waals surface area contributed by atoms with Crippen LogP contribution in [0.3, 0.4) is 0 Å². The third kappa shape index (κ3) is 5.36. The Hall–Kier alpha value is -2.79. The number of nitrogens with zero attached hydrogens (tertiary/aromatic N) is 1. The van der Waals surface area contributed by atoms with Crippen molar-refractivity contribution in [3.8, 4) is 17.6 Å². The quantitative estimate of drug-likeness (QED) is 0.689. The molecule has 0 unspecified atom stereocenters. The van der Waals surface area contributed by atoms with Crippen LogP contribution in [0.1, 0.15) is 18.4 Å². The minimum atomic E-state index is -0.366. The molecule has 0 aliphatic heterocycles. The van der Waals surface area contributed by atoms with E-state index in [9.17, 15) is 9.59 Å². The molecule has 1 heterocycles. The topological polar surface area (TPSA) is 104 Å². The molecule has 1 aromatic heterocycles. The van der Waals surface area contributed by atoms with Crippen molar-refractivity contribution in [1.82, 2.24) is 4.98 Å². The molecule has 2 aromatic rings. The predicted octanol–water partition coefficient (Wildman–Crippen LogP) is 2.82. The number of H-pyrrole nitrogens is 1. The highest BCUT2D eigenvalue weighted by atomic mass is 79.9. The minimum absolute atomic E-state index is 0.189. The normalized spacial score (nSPS) is 9.96. The van der Waals surface area contributed by atoms with Gasteiger partial charge < -0.3 is 19.8 Å². The van der Waals surface area contributed by atoms with Gasteiger partial charge in [-0.15, -0.1) is 0 Å². The SMILES string of the molecule is COc1cc(C#N)ccc1OCCCC(=O)Nc1cc(Br)c[nH]c1=O. The zero-order chi connectivity index (χ0) is 18.2. The highest BCUT2D eigenvalue weighted by Gasteiger charge is 2.08. The number of carbonyl (C=O) groups is 1. The fourth-order valence-electron chi connectivity index (χ4n) is 2.03. The molecule has 0 aliphatic carbocycles. The maximum absolute atomic E-state index is 11.9. The average Bonchev–Trinajstić information content (AvgIpc) is 2.61. The number of hydrogen-bond donors (Lipinski definition) is 2. The van der Waals surface area contributed by atoms with E-state index in [-0.39, 0.29) is 23.6 Å². The van der Waals surface area contributed by atoms with Crippen LogP contribution in [0.5, 0.6) is 11.5 Å². The molecule has 2 N–H and O–H groups in total. The summed E-state index contributed by atoms with van der Waals surface area (Å²) in [6.07, 6.45) is 2.16. The third-order valence-electron chi connectivity index (χ3n) is 3.24. The van der Waals surface area contributed by atoms with E-state index in [0.29, 0.717) is 34.6 Å². The van der Waals surface area contributed by atoms with Crippen LogP contribution >= 0.6 is 15.9 Å². The Morgan fingerprint density at radius 1 is 1.36 bits per heavy atom. The van der Waals surface area contributed by atoms with E-state index in [1.807, 2.05) is 6.07 Å². The highest BCUT2D eigenvalue weighted by Crippen LogP contribution is 2.27. The number of methoxy groups -OCH3 is 1. The molecule has 0 radical (unpaired) electrons. The second-order valence-corrected chi connectivity index (χ2v) is 5.95. The van der Waals surface area contributed by atoms with E-state index in [1.54, 1.807) is 18.2 Å². The van der Waals surface area contributed by atoms with Crippen LogP contribution in [0.2, 0.25) is 0 Å². The summed E-state index contributed by atoms with van der Waals surface area (Å²) in [5, 5.41) is 11.4. The predicted molar refractivity (Wildman–Crippen MR) is 95.8 cm³/mol. The van der Waals surface area contributed by atoms with Crippen LogP contribution in [0.4, 0.5) is 5.69 Å². The van der Waals surface area contributed by atoms with E-state index in [2.05, 4.69) is 26.2 Å². The highest BCUT2D eigenvalue weighted by molar-refractivity contribution is 9.10. The van der Waals surface area contributed by atoms with Crippen molar-refractivity contribution < 1.29 is 14.3 Å². The van der Waals surface area contributed by atoms with Gasteiger partial charge >= 0.3 is 0 Å². The van der Waals surface area contributed by atoms with E-state index in [1.165, 1.54) is 19.4 Å². The number of rotatable bonds is 7. The lowest BCUT2D eigenvalue weighted by Gasteiger charge is -2.10. The largest absolute Gasteiger partial charge is 0.493 e. The number of aromatic nitrogens is 1. The van der Waals surface area contributed by atoms with E-state index in [4.69, 9.17) is 14.7 Å². The molecular formula is C17H16BrN3O4. The Bertz CT molecular complexity index is 858. The molecule has 0 atom stereocenters. The summed E-state index contributed by atoms with van der Waals surface area (Å²) in [6.45, 7) is 0.296. The number of pyridine rings is 1. The standard InChI is InChI=1S/C17H16BrN3O4/c1-24-15-7-11(9-19)4-5-14(15)25-6-2-3-16(22)21-13-8-12(18)10-20-17(13)23/h4-5,7-8,10H,2-3,6H2,1H3,(H,20,23)(H,21,22). The first-order valence-electron chi connectivity index (χ1n) is 7.42. The first-order valence-corrected chi connectivity index (χ1v) is 8.22. The first-order chi connectivity index (χ1) is 12.0. The van der Waals surface area contributed by atoms with Crippen molar-refractivity contribution >= 4 is 27.5 Å². The van der Waals surface area contributed by atoms with E-state index < -0.39 is 0 Å². The minimum Gasteiger partial charge on any atom is -0.493 e. The Labute approximate surface area is 152 Å². The van der Waals surface area contributed by atoms with Crippen LogP contribution in [-0.4, -0.2) is 24.6 Å². The molecule has 1 amide bonds. The number of ether oxygens (including phenoxy) is 2. The molecule has 25 heavy (non-hydrogen) atoms. The molecule has 0 aliphatic rings. The second-order valence-electron chi connectivity index (χ2n) is 5.04. The van der Waals surface area contributed by atoms with Crippen molar-refractivity contribution in [3.05, 3.63) is 50.9 Å². The summed E-state index contributed by atoms with van der Waals surface area (Å²) >= 11 is 3.23. The smallest absolute Gasteiger partial charge is 0.271 e. The number of anilines is 1. The van der Waals surface area contributed by atoms with Gasteiger partial charge in [0.25, 0.3) is 5.56 Å². The van der Waals surface area contributed by atoms with Crippen LogP contribution in [-0.2, 0) is 4.79 Å². The number of amides is 1. The third-order valence-corrected chi connectivity index (χ3v) is 3.70. The number of halogens is 1. The number of nitriles is 1. The lowest BCUT2D eigenvalue weighted by atomic mass is 10.2. The van der Waals surface area contributed by atoms with Crippen LogP contribution < -0.4 is 20.3 Å². The summed E-state index contributed by atoms with van der Waals surface area (Å²) in [5.74, 6) is 0.688. The molecule has 0 fully saturated rings. The summed E-state index contributed by atoms with van der Waals surface area (Å²) in [4.78, 5) is 26.0. The molecule has 130 valence electrons. The maximum atomic E-state index is 11.9. The summed E-state index contributed by atoms with van der Waals surface area (Å²) < 4.78 is 11.4. The number of benzene rings is 1. The molecule has 8 heteroatoms. The molecule has 1 aromatic carbocycles. The van der Waals surface area contributed by atoms with Gasteiger partial charge in [0.2, 0.25) is 5.91 Å². The van der Waals surface area contributed by atoms with Gasteiger partial charge in [-0.25, -0.2) is 0 Å². The molecule has 7 nitrogen and oxygen atoms in total. The number of nitrogens with one attached hydrogen (secondary N) is 2. The lowest BCUT2D eigenvalue weighted by molar-refractivity contribution is -0.116. The van der Waals surface area contributed by atoms with Crippen molar-refractivity contribution in [1.29, 1.82) is 5.26 Å².